The SMILES string of the molecule is C.COc1ccccc1Cc1nc2ccccc2nc1NS(=O)(=O)c1ccccc1. The fourth-order valence-electron chi connectivity index (χ4n) is 3.06. The number of ether oxygens (including phenoxy) is 1. The lowest BCUT2D eigenvalue weighted by atomic mass is 10.1. The smallest absolute Gasteiger partial charge is 0.263 e. The van der Waals surface area contributed by atoms with E-state index >= 15 is 0 Å². The van der Waals surface area contributed by atoms with Gasteiger partial charge in [0.2, 0.25) is 0 Å². The minimum absolute atomic E-state index is 0. The van der Waals surface area contributed by atoms with Crippen LogP contribution in [-0.2, 0) is 16.4 Å². The predicted octanol–water partition coefficient (Wildman–Crippen LogP) is 4.67. The molecule has 154 valence electrons. The van der Waals surface area contributed by atoms with Gasteiger partial charge in [0.15, 0.2) is 5.82 Å². The third-order valence-corrected chi connectivity index (χ3v) is 5.83. The Hall–Kier alpha value is -3.45. The average molecular weight is 422 g/mol. The highest BCUT2D eigenvalue weighted by atomic mass is 32.2. The van der Waals surface area contributed by atoms with Crippen LogP contribution in [0.5, 0.6) is 5.75 Å². The Morgan fingerprint density at radius 2 is 1.43 bits per heavy atom. The van der Waals surface area contributed by atoms with Crippen molar-refractivity contribution >= 4 is 26.9 Å². The molecule has 0 aliphatic heterocycles. The van der Waals surface area contributed by atoms with Crippen LogP contribution in [0.15, 0.2) is 83.8 Å². The highest BCUT2D eigenvalue weighted by molar-refractivity contribution is 7.92. The van der Waals surface area contributed by atoms with Gasteiger partial charge < -0.3 is 4.74 Å². The maximum atomic E-state index is 12.9. The lowest BCUT2D eigenvalue weighted by Gasteiger charge is -2.14. The van der Waals surface area contributed by atoms with Gasteiger partial charge in [-0.3, -0.25) is 4.72 Å². The van der Waals surface area contributed by atoms with Gasteiger partial charge in [0.25, 0.3) is 10.0 Å². The number of anilines is 1. The second kappa shape index (κ2) is 8.92. The summed E-state index contributed by atoms with van der Waals surface area (Å²) >= 11 is 0. The molecule has 7 heteroatoms. The molecule has 30 heavy (non-hydrogen) atoms. The number of para-hydroxylation sites is 3. The zero-order valence-electron chi connectivity index (χ0n) is 15.7. The number of fused-ring (bicyclic) bond motifs is 1. The van der Waals surface area contributed by atoms with E-state index < -0.39 is 10.0 Å². The number of rotatable bonds is 6. The number of methoxy groups -OCH3 is 1. The van der Waals surface area contributed by atoms with Gasteiger partial charge in [-0.1, -0.05) is 56.0 Å². The maximum Gasteiger partial charge on any atom is 0.263 e. The van der Waals surface area contributed by atoms with Crippen molar-refractivity contribution in [2.24, 2.45) is 0 Å². The standard InChI is InChI=1S/C22H19N3O3S.CH4/c1-28-21-14-8-5-9-16(21)15-20-22(24-19-13-7-6-12-18(19)23-20)25-29(26,27)17-10-3-2-4-11-17;/h2-14H,15H2,1H3,(H,24,25);1H4. The molecule has 0 aliphatic rings. The molecule has 0 saturated heterocycles. The van der Waals surface area contributed by atoms with Crippen LogP contribution in [0.3, 0.4) is 0 Å². The highest BCUT2D eigenvalue weighted by Crippen LogP contribution is 2.26. The molecule has 0 unspecified atom stereocenters. The number of sulfonamides is 1. The second-order valence-corrected chi connectivity index (χ2v) is 8.10. The summed E-state index contributed by atoms with van der Waals surface area (Å²) in [5.41, 5.74) is 2.72. The van der Waals surface area contributed by atoms with Gasteiger partial charge >= 0.3 is 0 Å². The first kappa shape index (κ1) is 21.3. The van der Waals surface area contributed by atoms with Crippen molar-refractivity contribution in [3.8, 4) is 5.75 Å². The van der Waals surface area contributed by atoms with Crippen LogP contribution in [0.2, 0.25) is 0 Å². The van der Waals surface area contributed by atoms with Crippen LogP contribution in [-0.4, -0.2) is 25.5 Å². The van der Waals surface area contributed by atoms with Gasteiger partial charge in [-0.15, -0.1) is 0 Å². The maximum absolute atomic E-state index is 12.9. The summed E-state index contributed by atoms with van der Waals surface area (Å²) < 4.78 is 33.8. The van der Waals surface area contributed by atoms with Gasteiger partial charge in [0.05, 0.1) is 28.7 Å². The van der Waals surface area contributed by atoms with Gasteiger partial charge in [-0.05, 0) is 30.3 Å². The number of hydrogen-bond donors (Lipinski definition) is 1. The molecule has 0 fully saturated rings. The summed E-state index contributed by atoms with van der Waals surface area (Å²) in [6.07, 6.45) is 0.370. The van der Waals surface area contributed by atoms with E-state index in [0.717, 1.165) is 5.56 Å². The zero-order valence-corrected chi connectivity index (χ0v) is 16.6. The van der Waals surface area contributed by atoms with Crippen LogP contribution in [0.25, 0.3) is 11.0 Å². The monoisotopic (exact) mass is 421 g/mol. The first-order valence-electron chi connectivity index (χ1n) is 9.02. The predicted molar refractivity (Wildman–Crippen MR) is 119 cm³/mol. The Morgan fingerprint density at radius 3 is 2.13 bits per heavy atom. The molecule has 0 saturated carbocycles. The molecule has 0 aliphatic carbocycles. The molecular formula is C23H23N3O3S. The van der Waals surface area contributed by atoms with E-state index in [2.05, 4.69) is 14.7 Å². The number of aromatic nitrogens is 2. The Kier molecular flexibility index (Phi) is 6.32. The van der Waals surface area contributed by atoms with Crippen LogP contribution in [0, 0.1) is 0 Å². The quantitative estimate of drug-likeness (QED) is 0.489. The molecule has 6 nitrogen and oxygen atoms in total. The summed E-state index contributed by atoms with van der Waals surface area (Å²) in [7, 11) is -2.20. The van der Waals surface area contributed by atoms with Crippen molar-refractivity contribution in [2.75, 3.05) is 11.8 Å². The average Bonchev–Trinajstić information content (AvgIpc) is 2.75. The van der Waals surface area contributed by atoms with Crippen molar-refractivity contribution in [1.29, 1.82) is 0 Å². The normalized spacial score (nSPS) is 11.0. The second-order valence-electron chi connectivity index (χ2n) is 6.41. The minimum atomic E-state index is -3.80. The first-order valence-corrected chi connectivity index (χ1v) is 10.5. The van der Waals surface area contributed by atoms with Crippen molar-refractivity contribution in [2.45, 2.75) is 18.7 Å². The Balaban J connectivity index is 0.00000256. The molecule has 4 rings (SSSR count). The van der Waals surface area contributed by atoms with Crippen LogP contribution in [0.4, 0.5) is 5.82 Å². The van der Waals surface area contributed by atoms with Crippen molar-refractivity contribution in [3.05, 3.63) is 90.1 Å². The molecule has 1 aromatic heterocycles. The van der Waals surface area contributed by atoms with E-state index in [9.17, 15) is 8.42 Å². The van der Waals surface area contributed by atoms with E-state index in [1.54, 1.807) is 31.4 Å². The first-order chi connectivity index (χ1) is 14.1. The molecular weight excluding hydrogens is 398 g/mol. The highest BCUT2D eigenvalue weighted by Gasteiger charge is 2.19. The third-order valence-electron chi connectivity index (χ3n) is 4.48. The molecule has 1 heterocycles. The lowest BCUT2D eigenvalue weighted by Crippen LogP contribution is -2.16. The van der Waals surface area contributed by atoms with Crippen LogP contribution < -0.4 is 9.46 Å². The number of hydrogen-bond acceptors (Lipinski definition) is 5. The topological polar surface area (TPSA) is 81.2 Å². The summed E-state index contributed by atoms with van der Waals surface area (Å²) in [5, 5.41) is 0. The Bertz CT molecular complexity index is 1260. The van der Waals surface area contributed by atoms with E-state index in [1.165, 1.54) is 12.1 Å². The molecule has 0 spiro atoms. The van der Waals surface area contributed by atoms with Gasteiger partial charge in [-0.25, -0.2) is 18.4 Å². The van der Waals surface area contributed by atoms with Crippen LogP contribution in [0.1, 0.15) is 18.7 Å². The lowest BCUT2D eigenvalue weighted by molar-refractivity contribution is 0.410. The van der Waals surface area contributed by atoms with E-state index in [1.807, 2.05) is 42.5 Å². The summed E-state index contributed by atoms with van der Waals surface area (Å²) in [6.45, 7) is 0. The molecule has 0 bridgehead atoms. The van der Waals surface area contributed by atoms with Crippen molar-refractivity contribution < 1.29 is 13.2 Å². The molecule has 3 aromatic carbocycles. The number of benzene rings is 3. The van der Waals surface area contributed by atoms with Gasteiger partial charge in [0, 0.05) is 12.0 Å². The number of nitrogens with one attached hydrogen (secondary N) is 1. The fraction of sp³-hybridized carbons (Fsp3) is 0.130. The largest absolute Gasteiger partial charge is 0.496 e. The zero-order chi connectivity index (χ0) is 20.3. The Labute approximate surface area is 176 Å². The van der Waals surface area contributed by atoms with E-state index in [4.69, 9.17) is 4.74 Å². The van der Waals surface area contributed by atoms with Gasteiger partial charge in [-0.2, -0.15) is 0 Å². The van der Waals surface area contributed by atoms with E-state index in [-0.39, 0.29) is 18.1 Å². The van der Waals surface area contributed by atoms with E-state index in [0.29, 0.717) is 28.9 Å². The molecule has 1 N–H and O–H groups in total. The summed E-state index contributed by atoms with van der Waals surface area (Å²) in [4.78, 5) is 9.39. The molecule has 4 aromatic rings. The summed E-state index contributed by atoms with van der Waals surface area (Å²) in [6, 6.07) is 23.1. The Morgan fingerprint density at radius 1 is 0.833 bits per heavy atom. The third kappa shape index (κ3) is 4.41. The van der Waals surface area contributed by atoms with Gasteiger partial charge in [0.1, 0.15) is 5.75 Å². The number of nitrogens with zero attached hydrogens (tertiary/aromatic N) is 2. The molecule has 0 radical (unpaired) electrons. The van der Waals surface area contributed by atoms with Crippen molar-refractivity contribution in [3.63, 3.8) is 0 Å². The summed E-state index contributed by atoms with van der Waals surface area (Å²) in [5.74, 6) is 0.915. The fourth-order valence-corrected chi connectivity index (χ4v) is 4.11. The van der Waals surface area contributed by atoms with Crippen molar-refractivity contribution in [1.82, 2.24) is 9.97 Å². The van der Waals surface area contributed by atoms with Crippen LogP contribution >= 0.6 is 0 Å². The minimum Gasteiger partial charge on any atom is -0.496 e. The molecule has 0 amide bonds. The molecule has 0 atom stereocenters.